The fourth-order valence-corrected chi connectivity index (χ4v) is 3.20. The highest BCUT2D eigenvalue weighted by Crippen LogP contribution is 2.37. The summed E-state index contributed by atoms with van der Waals surface area (Å²) in [4.78, 5) is 14.2. The molecule has 1 heterocycles. The zero-order valence-electron chi connectivity index (χ0n) is 12.1. The molecular formula is C16H23NO2. The Bertz CT molecular complexity index is 474. The van der Waals surface area contributed by atoms with Crippen LogP contribution in [0.25, 0.3) is 0 Å². The molecule has 0 unspecified atom stereocenters. The zero-order chi connectivity index (χ0) is 14.0. The summed E-state index contributed by atoms with van der Waals surface area (Å²) < 4.78 is 0. The van der Waals surface area contributed by atoms with Gasteiger partial charge in [0.1, 0.15) is 0 Å². The van der Waals surface area contributed by atoms with Crippen molar-refractivity contribution in [3.05, 3.63) is 34.9 Å². The van der Waals surface area contributed by atoms with Crippen LogP contribution >= 0.6 is 0 Å². The number of likely N-dealkylation sites (tertiary alicyclic amines) is 1. The lowest BCUT2D eigenvalue weighted by Gasteiger charge is -2.39. The average molecular weight is 261 g/mol. The number of carboxylic acids is 1. The summed E-state index contributed by atoms with van der Waals surface area (Å²) in [6, 6.07) is 6.13. The van der Waals surface area contributed by atoms with Crippen LogP contribution in [-0.4, -0.2) is 35.6 Å². The Kier molecular flexibility index (Phi) is 3.95. The number of aliphatic carboxylic acids is 1. The normalized spacial score (nSPS) is 19.3. The van der Waals surface area contributed by atoms with Crippen molar-refractivity contribution in [1.82, 2.24) is 4.90 Å². The maximum absolute atomic E-state index is 11.9. The molecule has 3 nitrogen and oxygen atoms in total. The second-order valence-corrected chi connectivity index (χ2v) is 5.64. The highest BCUT2D eigenvalue weighted by atomic mass is 16.4. The predicted molar refractivity (Wildman–Crippen MR) is 76.6 cm³/mol. The molecule has 3 heteroatoms. The first-order chi connectivity index (χ1) is 8.99. The number of hydrogen-bond donors (Lipinski definition) is 1. The number of nitrogens with zero attached hydrogens (tertiary/aromatic N) is 1. The van der Waals surface area contributed by atoms with Crippen LogP contribution < -0.4 is 0 Å². The molecule has 1 aromatic rings. The van der Waals surface area contributed by atoms with Crippen molar-refractivity contribution in [1.29, 1.82) is 0 Å². The van der Waals surface area contributed by atoms with Crippen LogP contribution in [0.15, 0.2) is 18.2 Å². The summed E-state index contributed by atoms with van der Waals surface area (Å²) in [7, 11) is 0. The van der Waals surface area contributed by atoms with Gasteiger partial charge in [-0.1, -0.05) is 30.7 Å². The Hall–Kier alpha value is -1.35. The van der Waals surface area contributed by atoms with E-state index in [1.165, 1.54) is 5.56 Å². The van der Waals surface area contributed by atoms with Gasteiger partial charge in [-0.2, -0.15) is 0 Å². The van der Waals surface area contributed by atoms with E-state index in [0.29, 0.717) is 12.8 Å². The van der Waals surface area contributed by atoms with E-state index >= 15 is 0 Å². The molecule has 1 aromatic carbocycles. The number of piperidine rings is 1. The van der Waals surface area contributed by atoms with Crippen molar-refractivity contribution in [2.75, 3.05) is 19.6 Å². The van der Waals surface area contributed by atoms with E-state index in [2.05, 4.69) is 17.9 Å². The number of rotatable bonds is 3. The van der Waals surface area contributed by atoms with Crippen LogP contribution in [-0.2, 0) is 10.2 Å². The third-order valence-corrected chi connectivity index (χ3v) is 4.46. The minimum atomic E-state index is -0.691. The van der Waals surface area contributed by atoms with Crippen molar-refractivity contribution in [3.63, 3.8) is 0 Å². The first kappa shape index (κ1) is 14.1. The molecule has 1 saturated heterocycles. The maximum atomic E-state index is 11.9. The van der Waals surface area contributed by atoms with Crippen LogP contribution in [0.4, 0.5) is 0 Å². The second-order valence-electron chi connectivity index (χ2n) is 5.64. The smallest absolute Gasteiger partial charge is 0.314 e. The molecule has 0 bridgehead atoms. The van der Waals surface area contributed by atoms with Crippen molar-refractivity contribution in [3.8, 4) is 0 Å². The van der Waals surface area contributed by atoms with E-state index in [1.54, 1.807) is 0 Å². The zero-order valence-corrected chi connectivity index (χ0v) is 12.1. The minimum Gasteiger partial charge on any atom is -0.481 e. The lowest BCUT2D eigenvalue weighted by Crippen LogP contribution is -2.47. The molecular weight excluding hydrogens is 238 g/mol. The summed E-state index contributed by atoms with van der Waals surface area (Å²) in [5.74, 6) is -0.671. The van der Waals surface area contributed by atoms with Crippen LogP contribution in [0.3, 0.4) is 0 Å². The molecule has 19 heavy (non-hydrogen) atoms. The van der Waals surface area contributed by atoms with Gasteiger partial charge in [0.15, 0.2) is 0 Å². The van der Waals surface area contributed by atoms with Gasteiger partial charge >= 0.3 is 5.97 Å². The largest absolute Gasteiger partial charge is 0.481 e. The van der Waals surface area contributed by atoms with Crippen molar-refractivity contribution >= 4 is 5.97 Å². The molecule has 1 aliphatic heterocycles. The van der Waals surface area contributed by atoms with Crippen LogP contribution in [0.5, 0.6) is 0 Å². The van der Waals surface area contributed by atoms with Gasteiger partial charge < -0.3 is 10.0 Å². The fraction of sp³-hybridized carbons (Fsp3) is 0.562. The van der Waals surface area contributed by atoms with E-state index in [4.69, 9.17) is 0 Å². The molecule has 2 rings (SSSR count). The summed E-state index contributed by atoms with van der Waals surface area (Å²) in [6.07, 6.45) is 1.42. The molecule has 1 aliphatic rings. The van der Waals surface area contributed by atoms with Gasteiger partial charge in [0.05, 0.1) is 5.41 Å². The molecule has 1 fully saturated rings. The van der Waals surface area contributed by atoms with Crippen LogP contribution in [0, 0.1) is 13.8 Å². The number of aryl methyl sites for hydroxylation is 2. The number of carboxylic acid groups (broad SMARTS) is 1. The lowest BCUT2D eigenvalue weighted by atomic mass is 9.71. The van der Waals surface area contributed by atoms with E-state index in [-0.39, 0.29) is 0 Å². The van der Waals surface area contributed by atoms with Gasteiger partial charge in [-0.25, -0.2) is 0 Å². The van der Waals surface area contributed by atoms with E-state index < -0.39 is 11.4 Å². The van der Waals surface area contributed by atoms with E-state index in [9.17, 15) is 9.90 Å². The Balaban J connectivity index is 2.38. The van der Waals surface area contributed by atoms with Gasteiger partial charge in [0, 0.05) is 0 Å². The van der Waals surface area contributed by atoms with Gasteiger partial charge in [-0.3, -0.25) is 4.79 Å². The highest BCUT2D eigenvalue weighted by molar-refractivity contribution is 5.82. The summed E-state index contributed by atoms with van der Waals surface area (Å²) in [6.45, 7) is 8.95. The van der Waals surface area contributed by atoms with Crippen LogP contribution in [0.2, 0.25) is 0 Å². The Morgan fingerprint density at radius 3 is 2.42 bits per heavy atom. The SMILES string of the molecule is CCN1CCC(C(=O)O)(c2ccc(C)cc2C)CC1. The quantitative estimate of drug-likeness (QED) is 0.909. The first-order valence-corrected chi connectivity index (χ1v) is 7.03. The Morgan fingerprint density at radius 2 is 1.95 bits per heavy atom. The van der Waals surface area contributed by atoms with Gasteiger partial charge in [0.25, 0.3) is 0 Å². The molecule has 0 radical (unpaired) electrons. The lowest BCUT2D eigenvalue weighted by molar-refractivity contribution is -0.146. The predicted octanol–water partition coefficient (Wildman–Crippen LogP) is 2.74. The minimum absolute atomic E-state index is 0.671. The summed E-state index contributed by atoms with van der Waals surface area (Å²) >= 11 is 0. The standard InChI is InChI=1S/C16H23NO2/c1-4-17-9-7-16(8-10-17,15(18)19)14-6-5-12(2)11-13(14)3/h5-6,11H,4,7-10H2,1-3H3,(H,18,19). The molecule has 104 valence electrons. The van der Waals surface area contributed by atoms with E-state index in [0.717, 1.165) is 30.8 Å². The topological polar surface area (TPSA) is 40.5 Å². The molecule has 0 spiro atoms. The Morgan fingerprint density at radius 1 is 1.32 bits per heavy atom. The summed E-state index contributed by atoms with van der Waals surface area (Å²) in [5, 5.41) is 9.78. The summed E-state index contributed by atoms with van der Waals surface area (Å²) in [5.41, 5.74) is 2.60. The number of carbonyl (C=O) groups is 1. The molecule has 0 aromatic heterocycles. The average Bonchev–Trinajstić information content (AvgIpc) is 2.38. The molecule has 0 aliphatic carbocycles. The molecule has 0 saturated carbocycles. The third-order valence-electron chi connectivity index (χ3n) is 4.46. The van der Waals surface area contributed by atoms with Crippen molar-refractivity contribution in [2.24, 2.45) is 0 Å². The fourth-order valence-electron chi connectivity index (χ4n) is 3.20. The first-order valence-electron chi connectivity index (χ1n) is 7.03. The van der Waals surface area contributed by atoms with Gasteiger partial charge in [0.2, 0.25) is 0 Å². The van der Waals surface area contributed by atoms with E-state index in [1.807, 2.05) is 26.0 Å². The highest BCUT2D eigenvalue weighted by Gasteiger charge is 2.43. The Labute approximate surface area is 115 Å². The number of hydrogen-bond acceptors (Lipinski definition) is 2. The number of benzene rings is 1. The maximum Gasteiger partial charge on any atom is 0.314 e. The van der Waals surface area contributed by atoms with Crippen LogP contribution in [0.1, 0.15) is 36.5 Å². The molecule has 1 N–H and O–H groups in total. The monoisotopic (exact) mass is 261 g/mol. The molecule has 0 amide bonds. The van der Waals surface area contributed by atoms with Gasteiger partial charge in [-0.15, -0.1) is 0 Å². The van der Waals surface area contributed by atoms with Crippen molar-refractivity contribution < 1.29 is 9.90 Å². The second kappa shape index (κ2) is 5.33. The van der Waals surface area contributed by atoms with Gasteiger partial charge in [-0.05, 0) is 57.5 Å². The third kappa shape index (κ3) is 2.52. The van der Waals surface area contributed by atoms with Crippen molar-refractivity contribution in [2.45, 2.75) is 39.0 Å². The molecule has 0 atom stereocenters.